The normalized spacial score (nSPS) is 17.2. The number of carbonyl (C=O) groups is 2. The minimum Gasteiger partial charge on any atom is -0.361 e. The van der Waals surface area contributed by atoms with Crippen molar-refractivity contribution in [1.82, 2.24) is 19.7 Å². The number of H-pyrrole nitrogens is 1. The van der Waals surface area contributed by atoms with Crippen LogP contribution in [-0.4, -0.2) is 77.8 Å². The first-order valence-corrected chi connectivity index (χ1v) is 11.8. The number of rotatable bonds is 5. The van der Waals surface area contributed by atoms with Crippen LogP contribution in [0.5, 0.6) is 0 Å². The van der Waals surface area contributed by atoms with E-state index >= 15 is 0 Å². The minimum atomic E-state index is -5.06. The van der Waals surface area contributed by atoms with Crippen LogP contribution >= 0.6 is 0 Å². The van der Waals surface area contributed by atoms with E-state index in [2.05, 4.69) is 4.98 Å². The van der Waals surface area contributed by atoms with Gasteiger partial charge >= 0.3 is 12.4 Å². The van der Waals surface area contributed by atoms with Gasteiger partial charge in [0.1, 0.15) is 0 Å². The summed E-state index contributed by atoms with van der Waals surface area (Å²) in [5.41, 5.74) is -2.08. The number of amides is 2. The maximum absolute atomic E-state index is 13.5. The van der Waals surface area contributed by atoms with Crippen LogP contribution in [0.2, 0.25) is 0 Å². The second-order valence-electron chi connectivity index (χ2n) is 9.53. The Balaban J connectivity index is 1.69. The van der Waals surface area contributed by atoms with E-state index < -0.39 is 41.0 Å². The van der Waals surface area contributed by atoms with Crippen LogP contribution in [0.15, 0.2) is 48.7 Å². The Morgan fingerprint density at radius 1 is 0.974 bits per heavy atom. The van der Waals surface area contributed by atoms with Crippen molar-refractivity contribution in [2.24, 2.45) is 0 Å². The van der Waals surface area contributed by atoms with Gasteiger partial charge in [-0.3, -0.25) is 14.5 Å². The van der Waals surface area contributed by atoms with Gasteiger partial charge in [0.2, 0.25) is 5.91 Å². The van der Waals surface area contributed by atoms with Gasteiger partial charge in [-0.1, -0.05) is 18.2 Å². The Bertz CT molecular complexity index is 1300. The first-order chi connectivity index (χ1) is 17.7. The number of piperazine rings is 1. The fraction of sp³-hybridized carbons (Fsp3) is 0.385. The number of alkyl halides is 6. The molecule has 0 unspecified atom stereocenters. The summed E-state index contributed by atoms with van der Waals surface area (Å²) in [6.07, 6.45) is -8.08. The largest absolute Gasteiger partial charge is 0.416 e. The molecule has 38 heavy (non-hydrogen) atoms. The maximum Gasteiger partial charge on any atom is 0.416 e. The van der Waals surface area contributed by atoms with Crippen molar-refractivity contribution in [2.75, 3.05) is 40.3 Å². The fourth-order valence-corrected chi connectivity index (χ4v) is 4.64. The highest BCUT2D eigenvalue weighted by atomic mass is 19.4. The molecule has 0 aliphatic carbocycles. The van der Waals surface area contributed by atoms with E-state index in [1.165, 1.54) is 9.80 Å². The summed E-state index contributed by atoms with van der Waals surface area (Å²) >= 11 is 0. The van der Waals surface area contributed by atoms with Crippen LogP contribution < -0.4 is 0 Å². The summed E-state index contributed by atoms with van der Waals surface area (Å²) in [5.74, 6) is -1.09. The van der Waals surface area contributed by atoms with Crippen molar-refractivity contribution in [3.05, 3.63) is 70.9 Å². The first kappa shape index (κ1) is 27.5. The number of nitrogens with zero attached hydrogens (tertiary/aromatic N) is 3. The first-order valence-electron chi connectivity index (χ1n) is 11.8. The molecule has 2 heterocycles. The van der Waals surface area contributed by atoms with Crippen LogP contribution in [0.3, 0.4) is 0 Å². The Hall–Kier alpha value is -3.54. The van der Waals surface area contributed by atoms with Crippen LogP contribution in [0.1, 0.15) is 27.0 Å². The predicted octanol–water partition coefficient (Wildman–Crippen LogP) is 4.66. The van der Waals surface area contributed by atoms with Gasteiger partial charge in [0.25, 0.3) is 5.91 Å². The van der Waals surface area contributed by atoms with Crippen LogP contribution in [0.4, 0.5) is 26.3 Å². The van der Waals surface area contributed by atoms with Crippen molar-refractivity contribution in [2.45, 2.75) is 24.8 Å². The van der Waals surface area contributed by atoms with Crippen LogP contribution in [0, 0.1) is 0 Å². The predicted molar refractivity (Wildman–Crippen MR) is 128 cm³/mol. The third-order valence-electron chi connectivity index (χ3n) is 6.65. The molecule has 1 aromatic heterocycles. The van der Waals surface area contributed by atoms with Gasteiger partial charge in [-0.05, 0) is 36.2 Å². The Kier molecular flexibility index (Phi) is 7.46. The highest BCUT2D eigenvalue weighted by Gasteiger charge is 2.39. The molecule has 1 fully saturated rings. The zero-order valence-electron chi connectivity index (χ0n) is 20.7. The van der Waals surface area contributed by atoms with E-state index in [0.29, 0.717) is 12.1 Å². The molecule has 1 saturated heterocycles. The monoisotopic (exact) mass is 540 g/mol. The smallest absolute Gasteiger partial charge is 0.361 e. The van der Waals surface area contributed by atoms with Crippen molar-refractivity contribution in [1.29, 1.82) is 0 Å². The summed E-state index contributed by atoms with van der Waals surface area (Å²) < 4.78 is 80.5. The van der Waals surface area contributed by atoms with E-state index in [4.69, 9.17) is 0 Å². The second kappa shape index (κ2) is 10.3. The molecule has 6 nitrogen and oxygen atoms in total. The molecular formula is C26H26F6N4O2. The average Bonchev–Trinajstić information content (AvgIpc) is 3.25. The number of aromatic amines is 1. The molecule has 1 N–H and O–H groups in total. The molecule has 0 radical (unpaired) electrons. The molecule has 2 aromatic carbocycles. The van der Waals surface area contributed by atoms with E-state index in [0.717, 1.165) is 16.5 Å². The molecule has 0 saturated carbocycles. The highest BCUT2D eigenvalue weighted by Crippen LogP contribution is 2.37. The number of carbonyl (C=O) groups excluding carboxylic acids is 2. The van der Waals surface area contributed by atoms with E-state index in [1.807, 2.05) is 29.2 Å². The van der Waals surface area contributed by atoms with E-state index in [-0.39, 0.29) is 44.6 Å². The maximum atomic E-state index is 13.5. The molecular weight excluding hydrogens is 514 g/mol. The van der Waals surface area contributed by atoms with Gasteiger partial charge in [0.15, 0.2) is 0 Å². The SMILES string of the molecule is CN(C)C(=O)CN1CCN(C(=O)c2cc(C(F)(F)F)cc(C(F)(F)F)c2)[C@H](Cc2c[nH]c3ccccc23)C1. The van der Waals surface area contributed by atoms with Gasteiger partial charge in [-0.25, -0.2) is 0 Å². The lowest BCUT2D eigenvalue weighted by molar-refractivity contribution is -0.143. The number of benzene rings is 2. The van der Waals surface area contributed by atoms with E-state index in [9.17, 15) is 35.9 Å². The topological polar surface area (TPSA) is 59.7 Å². The lowest BCUT2D eigenvalue weighted by Gasteiger charge is -2.41. The van der Waals surface area contributed by atoms with Crippen molar-refractivity contribution in [3.8, 4) is 0 Å². The molecule has 12 heteroatoms. The quantitative estimate of drug-likeness (QED) is 0.479. The molecule has 2 amide bonds. The van der Waals surface area contributed by atoms with Gasteiger partial charge in [-0.2, -0.15) is 26.3 Å². The third-order valence-corrected chi connectivity index (χ3v) is 6.65. The summed E-state index contributed by atoms with van der Waals surface area (Å²) in [6, 6.07) is 7.76. The summed E-state index contributed by atoms with van der Waals surface area (Å²) in [5, 5.41) is 0.889. The third kappa shape index (κ3) is 5.95. The van der Waals surface area contributed by atoms with Crippen LogP contribution in [-0.2, 0) is 23.6 Å². The minimum absolute atomic E-state index is 0.00496. The van der Waals surface area contributed by atoms with Crippen molar-refractivity contribution >= 4 is 22.7 Å². The second-order valence-corrected chi connectivity index (χ2v) is 9.53. The van der Waals surface area contributed by atoms with Crippen LogP contribution in [0.25, 0.3) is 10.9 Å². The Labute approximate surface area is 214 Å². The number of para-hydroxylation sites is 1. The number of aromatic nitrogens is 1. The average molecular weight is 541 g/mol. The molecule has 0 bridgehead atoms. The van der Waals surface area contributed by atoms with Crippen molar-refractivity contribution < 1.29 is 35.9 Å². The lowest BCUT2D eigenvalue weighted by Crippen LogP contribution is -2.57. The highest BCUT2D eigenvalue weighted by molar-refractivity contribution is 5.95. The molecule has 1 aliphatic rings. The molecule has 1 atom stereocenters. The zero-order chi connectivity index (χ0) is 27.8. The number of hydrogen-bond donors (Lipinski definition) is 1. The number of halogens is 6. The fourth-order valence-electron chi connectivity index (χ4n) is 4.64. The zero-order valence-corrected chi connectivity index (χ0v) is 20.7. The molecule has 1 aliphatic heterocycles. The van der Waals surface area contributed by atoms with Gasteiger partial charge in [0.05, 0.1) is 17.7 Å². The summed E-state index contributed by atoms with van der Waals surface area (Å²) in [7, 11) is 3.22. The van der Waals surface area contributed by atoms with Gasteiger partial charge in [-0.15, -0.1) is 0 Å². The Morgan fingerprint density at radius 2 is 1.61 bits per heavy atom. The standard InChI is InChI=1S/C26H26F6N4O2/c1-34(2)23(37)15-35-7-8-36(20(14-35)11-17-13-33-22-6-4-3-5-21(17)22)24(38)16-9-18(25(27,28)29)12-19(10-16)26(30,31)32/h3-6,9-10,12-13,20,33H,7-8,11,14-15H2,1-2H3/t20-/m1/s1. The van der Waals surface area contributed by atoms with Gasteiger partial charge < -0.3 is 14.8 Å². The molecule has 0 spiro atoms. The number of nitrogens with one attached hydrogen (secondary N) is 1. The molecule has 204 valence electrons. The van der Waals surface area contributed by atoms with Crippen molar-refractivity contribution in [3.63, 3.8) is 0 Å². The number of fused-ring (bicyclic) bond motifs is 1. The summed E-state index contributed by atoms with van der Waals surface area (Å²) in [6.45, 7) is 0.558. The van der Waals surface area contributed by atoms with E-state index in [1.54, 1.807) is 20.3 Å². The summed E-state index contributed by atoms with van der Waals surface area (Å²) in [4.78, 5) is 33.5. The molecule has 4 rings (SSSR count). The number of likely N-dealkylation sites (N-methyl/N-ethyl adjacent to an activating group) is 1. The van der Waals surface area contributed by atoms with Gasteiger partial charge in [0, 0.05) is 62.4 Å². The number of hydrogen-bond acceptors (Lipinski definition) is 3. The lowest BCUT2D eigenvalue weighted by atomic mass is 9.98. The molecule has 3 aromatic rings. The Morgan fingerprint density at radius 3 is 2.21 bits per heavy atom.